The Morgan fingerprint density at radius 1 is 0.800 bits per heavy atom. The van der Waals surface area contributed by atoms with E-state index in [1.807, 2.05) is 37.3 Å². The summed E-state index contributed by atoms with van der Waals surface area (Å²) in [5.41, 5.74) is 5.59. The predicted molar refractivity (Wildman–Crippen MR) is 127 cm³/mol. The minimum absolute atomic E-state index is 0.647. The normalized spacial score (nSPS) is 10.4. The maximum Gasteiger partial charge on any atom is 0.174 e. The van der Waals surface area contributed by atoms with Crippen LogP contribution in [0.2, 0.25) is 0 Å². The van der Waals surface area contributed by atoms with Gasteiger partial charge in [0.15, 0.2) is 5.11 Å². The van der Waals surface area contributed by atoms with Crippen LogP contribution >= 0.6 is 12.2 Å². The predicted octanol–water partition coefficient (Wildman–Crippen LogP) is 5.72. The number of benzene rings is 3. The second-order valence-corrected chi connectivity index (χ2v) is 7.71. The van der Waals surface area contributed by atoms with Gasteiger partial charge in [-0.2, -0.15) is 0 Å². The minimum Gasteiger partial charge on any atom is -0.497 e. The fourth-order valence-electron chi connectivity index (χ4n) is 3.16. The number of ether oxygens (including phenoxy) is 2. The number of thiocarbonyl (C=S) groups is 1. The van der Waals surface area contributed by atoms with Crippen molar-refractivity contribution < 1.29 is 9.47 Å². The number of nitrogens with zero attached hydrogens (tertiary/aromatic N) is 1. The Morgan fingerprint density at radius 3 is 1.93 bits per heavy atom. The van der Waals surface area contributed by atoms with E-state index in [1.54, 1.807) is 14.2 Å². The summed E-state index contributed by atoms with van der Waals surface area (Å²) in [6.45, 7) is 5.51. The summed E-state index contributed by atoms with van der Waals surface area (Å²) >= 11 is 5.81. The first-order valence-corrected chi connectivity index (χ1v) is 10.3. The standard InChI is InChI=1S/C25H28N2O2S/c1-18-5-8-20(9-6-18)16-27(17-21-10-12-22(28-3)13-11-21)25(30)26-23-14-7-19(2)15-24(23)29-4/h5-15H,16-17H2,1-4H3,(H,26,30). The Morgan fingerprint density at radius 2 is 1.37 bits per heavy atom. The Bertz CT molecular complexity index is 985. The lowest BCUT2D eigenvalue weighted by Crippen LogP contribution is -2.34. The first kappa shape index (κ1) is 21.7. The Kier molecular flexibility index (Phi) is 7.31. The zero-order valence-corrected chi connectivity index (χ0v) is 18.8. The van der Waals surface area contributed by atoms with Gasteiger partial charge in [-0.25, -0.2) is 0 Å². The molecule has 0 aromatic heterocycles. The van der Waals surface area contributed by atoms with Gasteiger partial charge >= 0.3 is 0 Å². The topological polar surface area (TPSA) is 33.7 Å². The molecule has 0 atom stereocenters. The number of aryl methyl sites for hydroxylation is 2. The smallest absolute Gasteiger partial charge is 0.174 e. The first-order valence-electron chi connectivity index (χ1n) is 9.87. The molecule has 0 aliphatic rings. The molecule has 3 aromatic carbocycles. The molecule has 0 amide bonds. The van der Waals surface area contributed by atoms with Gasteiger partial charge in [0.05, 0.1) is 19.9 Å². The molecule has 3 rings (SSSR count). The van der Waals surface area contributed by atoms with Crippen molar-refractivity contribution in [3.05, 3.63) is 89.0 Å². The second-order valence-electron chi connectivity index (χ2n) is 7.32. The molecule has 1 N–H and O–H groups in total. The van der Waals surface area contributed by atoms with Crippen LogP contribution < -0.4 is 14.8 Å². The van der Waals surface area contributed by atoms with Gasteiger partial charge in [-0.1, -0.05) is 48.0 Å². The lowest BCUT2D eigenvalue weighted by atomic mass is 10.1. The molecule has 0 aliphatic carbocycles. The van der Waals surface area contributed by atoms with E-state index in [0.717, 1.165) is 28.3 Å². The van der Waals surface area contributed by atoms with Crippen molar-refractivity contribution in [1.82, 2.24) is 4.90 Å². The van der Waals surface area contributed by atoms with Crippen molar-refractivity contribution in [2.24, 2.45) is 0 Å². The summed E-state index contributed by atoms with van der Waals surface area (Å²) < 4.78 is 10.8. The van der Waals surface area contributed by atoms with E-state index in [0.29, 0.717) is 18.2 Å². The molecule has 3 aromatic rings. The fraction of sp³-hybridized carbons (Fsp3) is 0.240. The zero-order valence-electron chi connectivity index (χ0n) is 17.9. The highest BCUT2D eigenvalue weighted by atomic mass is 32.1. The van der Waals surface area contributed by atoms with E-state index < -0.39 is 0 Å². The monoisotopic (exact) mass is 420 g/mol. The van der Waals surface area contributed by atoms with Crippen LogP contribution in [0.1, 0.15) is 22.3 Å². The highest BCUT2D eigenvalue weighted by Crippen LogP contribution is 2.26. The number of nitrogens with one attached hydrogen (secondary N) is 1. The molecule has 0 radical (unpaired) electrons. The molecular formula is C25H28N2O2S. The highest BCUT2D eigenvalue weighted by molar-refractivity contribution is 7.80. The molecule has 0 saturated heterocycles. The Balaban J connectivity index is 1.83. The number of hydrogen-bond acceptors (Lipinski definition) is 3. The van der Waals surface area contributed by atoms with Crippen molar-refractivity contribution in [1.29, 1.82) is 0 Å². The molecule has 30 heavy (non-hydrogen) atoms. The molecular weight excluding hydrogens is 392 g/mol. The van der Waals surface area contributed by atoms with Gasteiger partial charge < -0.3 is 19.7 Å². The molecule has 4 nitrogen and oxygen atoms in total. The van der Waals surface area contributed by atoms with Gasteiger partial charge in [0.25, 0.3) is 0 Å². The summed E-state index contributed by atoms with van der Waals surface area (Å²) in [7, 11) is 3.34. The first-order chi connectivity index (χ1) is 14.5. The highest BCUT2D eigenvalue weighted by Gasteiger charge is 2.14. The van der Waals surface area contributed by atoms with Crippen LogP contribution in [0.3, 0.4) is 0 Å². The summed E-state index contributed by atoms with van der Waals surface area (Å²) in [6, 6.07) is 22.7. The van der Waals surface area contributed by atoms with E-state index in [2.05, 4.69) is 53.5 Å². The number of anilines is 1. The van der Waals surface area contributed by atoms with Crippen molar-refractivity contribution in [2.75, 3.05) is 19.5 Å². The number of methoxy groups -OCH3 is 2. The molecule has 0 heterocycles. The van der Waals surface area contributed by atoms with Gasteiger partial charge in [0, 0.05) is 13.1 Å². The van der Waals surface area contributed by atoms with Crippen LogP contribution in [0.4, 0.5) is 5.69 Å². The lowest BCUT2D eigenvalue weighted by Gasteiger charge is -2.27. The van der Waals surface area contributed by atoms with Crippen molar-refractivity contribution in [2.45, 2.75) is 26.9 Å². The second kappa shape index (κ2) is 10.1. The molecule has 0 fully saturated rings. The minimum atomic E-state index is 0.647. The summed E-state index contributed by atoms with van der Waals surface area (Å²) in [5, 5.41) is 4.02. The molecule has 0 aliphatic heterocycles. The quantitative estimate of drug-likeness (QED) is 0.495. The van der Waals surface area contributed by atoms with Crippen LogP contribution in [-0.2, 0) is 13.1 Å². The van der Waals surface area contributed by atoms with Gasteiger partial charge in [-0.3, -0.25) is 0 Å². The van der Waals surface area contributed by atoms with Crippen LogP contribution in [-0.4, -0.2) is 24.2 Å². The number of hydrogen-bond donors (Lipinski definition) is 1. The van der Waals surface area contributed by atoms with Gasteiger partial charge in [-0.05, 0) is 67.0 Å². The Hall–Kier alpha value is -3.05. The number of rotatable bonds is 7. The van der Waals surface area contributed by atoms with E-state index in [-0.39, 0.29) is 0 Å². The molecule has 0 spiro atoms. The van der Waals surface area contributed by atoms with Crippen molar-refractivity contribution in [3.8, 4) is 11.5 Å². The summed E-state index contributed by atoms with van der Waals surface area (Å²) in [4.78, 5) is 2.15. The largest absolute Gasteiger partial charge is 0.497 e. The molecule has 0 saturated carbocycles. The van der Waals surface area contributed by atoms with Crippen molar-refractivity contribution in [3.63, 3.8) is 0 Å². The lowest BCUT2D eigenvalue weighted by molar-refractivity contribution is 0.405. The summed E-state index contributed by atoms with van der Waals surface area (Å²) in [6.07, 6.45) is 0. The van der Waals surface area contributed by atoms with E-state index in [9.17, 15) is 0 Å². The average Bonchev–Trinajstić information content (AvgIpc) is 2.76. The summed E-state index contributed by atoms with van der Waals surface area (Å²) in [5.74, 6) is 1.62. The average molecular weight is 421 g/mol. The van der Waals surface area contributed by atoms with Gasteiger partial charge in [0.1, 0.15) is 11.5 Å². The van der Waals surface area contributed by atoms with E-state index >= 15 is 0 Å². The molecule has 5 heteroatoms. The molecule has 0 unspecified atom stereocenters. The third-order valence-electron chi connectivity index (χ3n) is 4.91. The van der Waals surface area contributed by atoms with Crippen molar-refractivity contribution >= 4 is 23.0 Å². The third-order valence-corrected chi connectivity index (χ3v) is 5.27. The maximum absolute atomic E-state index is 5.81. The molecule has 156 valence electrons. The van der Waals surface area contributed by atoms with Gasteiger partial charge in [-0.15, -0.1) is 0 Å². The van der Waals surface area contributed by atoms with Crippen LogP contribution in [0, 0.1) is 13.8 Å². The Labute approximate surface area is 184 Å². The van der Waals surface area contributed by atoms with E-state index in [1.165, 1.54) is 11.1 Å². The van der Waals surface area contributed by atoms with E-state index in [4.69, 9.17) is 21.7 Å². The van der Waals surface area contributed by atoms with Crippen LogP contribution in [0.25, 0.3) is 0 Å². The zero-order chi connectivity index (χ0) is 21.5. The van der Waals surface area contributed by atoms with Gasteiger partial charge in [0.2, 0.25) is 0 Å². The third kappa shape index (κ3) is 5.74. The SMILES string of the molecule is COc1ccc(CN(Cc2ccc(C)cc2)C(=S)Nc2ccc(C)cc2OC)cc1. The van der Waals surface area contributed by atoms with Crippen LogP contribution in [0.5, 0.6) is 11.5 Å². The maximum atomic E-state index is 5.81. The van der Waals surface area contributed by atoms with Crippen LogP contribution in [0.15, 0.2) is 66.7 Å². The molecule has 0 bridgehead atoms. The fourth-order valence-corrected chi connectivity index (χ4v) is 3.40.